The van der Waals surface area contributed by atoms with Crippen molar-refractivity contribution in [1.29, 1.82) is 0 Å². The van der Waals surface area contributed by atoms with Gasteiger partial charge in [-0.15, -0.1) is 5.10 Å². The SMILES string of the molecule is CC(CC=O)c1ccc(-c2ncn(-c3ccc(OC(C)(F)F)cc3)n2)cc1. The summed E-state index contributed by atoms with van der Waals surface area (Å²) in [6.45, 7) is 2.69. The third-order valence-electron chi connectivity index (χ3n) is 4.08. The summed E-state index contributed by atoms with van der Waals surface area (Å²) < 4.78 is 31.8. The van der Waals surface area contributed by atoms with Gasteiger partial charge in [-0.2, -0.15) is 8.78 Å². The van der Waals surface area contributed by atoms with E-state index in [9.17, 15) is 13.6 Å². The number of carbonyl (C=O) groups is 1. The van der Waals surface area contributed by atoms with E-state index in [1.165, 1.54) is 12.1 Å². The molecule has 1 aromatic heterocycles. The van der Waals surface area contributed by atoms with Crippen LogP contribution in [0.5, 0.6) is 5.75 Å². The molecule has 0 amide bonds. The molecule has 0 aliphatic rings. The molecule has 0 radical (unpaired) electrons. The van der Waals surface area contributed by atoms with Crippen molar-refractivity contribution in [3.05, 3.63) is 60.4 Å². The predicted molar refractivity (Wildman–Crippen MR) is 97.1 cm³/mol. The van der Waals surface area contributed by atoms with Gasteiger partial charge in [-0.3, -0.25) is 0 Å². The standard InChI is InChI=1S/C20H19F2N3O2/c1-14(11-12-26)15-3-5-16(6-4-15)19-23-13-25(24-19)17-7-9-18(10-8-17)27-20(2,21)22/h3-10,12-14H,11H2,1-2H3. The molecule has 3 rings (SSSR count). The second-order valence-electron chi connectivity index (χ2n) is 6.34. The summed E-state index contributed by atoms with van der Waals surface area (Å²) >= 11 is 0. The zero-order valence-corrected chi connectivity index (χ0v) is 15.0. The third-order valence-corrected chi connectivity index (χ3v) is 4.08. The smallest absolute Gasteiger partial charge is 0.394 e. The second-order valence-corrected chi connectivity index (χ2v) is 6.34. The number of benzene rings is 2. The molecular formula is C20H19F2N3O2. The van der Waals surface area contributed by atoms with E-state index in [2.05, 4.69) is 14.8 Å². The molecule has 1 atom stereocenters. The highest BCUT2D eigenvalue weighted by atomic mass is 19.3. The largest absolute Gasteiger partial charge is 0.433 e. The van der Waals surface area contributed by atoms with E-state index in [-0.39, 0.29) is 11.7 Å². The van der Waals surface area contributed by atoms with Crippen molar-refractivity contribution in [2.75, 3.05) is 0 Å². The van der Waals surface area contributed by atoms with E-state index in [4.69, 9.17) is 0 Å². The van der Waals surface area contributed by atoms with E-state index in [0.29, 0.717) is 24.9 Å². The summed E-state index contributed by atoms with van der Waals surface area (Å²) in [7, 11) is 0. The van der Waals surface area contributed by atoms with Crippen LogP contribution in [0.15, 0.2) is 54.9 Å². The molecule has 0 spiro atoms. The minimum atomic E-state index is -3.22. The Hall–Kier alpha value is -3.09. The molecule has 0 fully saturated rings. The minimum Gasteiger partial charge on any atom is -0.433 e. The lowest BCUT2D eigenvalue weighted by Gasteiger charge is -2.13. The Labute approximate surface area is 155 Å². The maximum atomic E-state index is 12.9. The fourth-order valence-corrected chi connectivity index (χ4v) is 2.63. The number of ether oxygens (including phenoxy) is 1. The van der Waals surface area contributed by atoms with Crippen LogP contribution in [0.3, 0.4) is 0 Å². The van der Waals surface area contributed by atoms with E-state index in [1.807, 2.05) is 31.2 Å². The lowest BCUT2D eigenvalue weighted by atomic mass is 9.97. The highest BCUT2D eigenvalue weighted by Crippen LogP contribution is 2.24. The van der Waals surface area contributed by atoms with Crippen molar-refractivity contribution < 1.29 is 18.3 Å². The van der Waals surface area contributed by atoms with Gasteiger partial charge < -0.3 is 9.53 Å². The lowest BCUT2D eigenvalue weighted by Crippen LogP contribution is -2.19. The van der Waals surface area contributed by atoms with E-state index >= 15 is 0 Å². The normalized spacial score (nSPS) is 12.6. The molecule has 1 heterocycles. The van der Waals surface area contributed by atoms with E-state index < -0.39 is 6.11 Å². The Morgan fingerprint density at radius 3 is 2.41 bits per heavy atom. The number of carbonyl (C=O) groups excluding carboxylic acids is 1. The number of hydrogen-bond donors (Lipinski definition) is 0. The van der Waals surface area contributed by atoms with Gasteiger partial charge >= 0.3 is 6.11 Å². The highest BCUT2D eigenvalue weighted by Gasteiger charge is 2.23. The summed E-state index contributed by atoms with van der Waals surface area (Å²) in [5, 5.41) is 4.43. The molecule has 140 valence electrons. The van der Waals surface area contributed by atoms with Crippen molar-refractivity contribution in [3.8, 4) is 22.8 Å². The van der Waals surface area contributed by atoms with Gasteiger partial charge in [0.15, 0.2) is 5.82 Å². The fraction of sp³-hybridized carbons (Fsp3) is 0.250. The van der Waals surface area contributed by atoms with Crippen LogP contribution in [0.1, 0.15) is 31.7 Å². The maximum Gasteiger partial charge on any atom is 0.394 e. The summed E-state index contributed by atoms with van der Waals surface area (Å²) in [6.07, 6.45) is -0.268. The summed E-state index contributed by atoms with van der Waals surface area (Å²) in [5.41, 5.74) is 2.60. The minimum absolute atomic E-state index is 0.0756. The fourth-order valence-electron chi connectivity index (χ4n) is 2.63. The van der Waals surface area contributed by atoms with Gasteiger partial charge in [0.05, 0.1) is 5.69 Å². The lowest BCUT2D eigenvalue weighted by molar-refractivity contribution is -0.158. The van der Waals surface area contributed by atoms with Gasteiger partial charge in [-0.1, -0.05) is 31.2 Å². The Bertz CT molecular complexity index is 900. The zero-order valence-electron chi connectivity index (χ0n) is 15.0. The molecule has 0 saturated heterocycles. The molecule has 0 N–H and O–H groups in total. The molecule has 3 aromatic rings. The first-order chi connectivity index (χ1) is 12.9. The first-order valence-corrected chi connectivity index (χ1v) is 8.48. The molecular weight excluding hydrogens is 352 g/mol. The number of alkyl halides is 2. The van der Waals surface area contributed by atoms with Crippen LogP contribution in [0.2, 0.25) is 0 Å². The Morgan fingerprint density at radius 2 is 1.81 bits per heavy atom. The quantitative estimate of drug-likeness (QED) is 0.569. The van der Waals surface area contributed by atoms with Crippen LogP contribution in [0, 0.1) is 0 Å². The van der Waals surface area contributed by atoms with E-state index in [0.717, 1.165) is 17.4 Å². The molecule has 0 aliphatic carbocycles. The van der Waals surface area contributed by atoms with Crippen molar-refractivity contribution >= 4 is 6.29 Å². The van der Waals surface area contributed by atoms with Gasteiger partial charge in [-0.05, 0) is 35.7 Å². The highest BCUT2D eigenvalue weighted by molar-refractivity contribution is 5.56. The number of aromatic nitrogens is 3. The molecule has 0 saturated carbocycles. The first-order valence-electron chi connectivity index (χ1n) is 8.48. The van der Waals surface area contributed by atoms with Crippen LogP contribution >= 0.6 is 0 Å². The van der Waals surface area contributed by atoms with Crippen molar-refractivity contribution in [2.45, 2.75) is 32.3 Å². The first kappa shape index (κ1) is 18.7. The average molecular weight is 371 g/mol. The van der Waals surface area contributed by atoms with Gasteiger partial charge in [0, 0.05) is 18.9 Å². The van der Waals surface area contributed by atoms with Gasteiger partial charge in [0.25, 0.3) is 0 Å². The molecule has 27 heavy (non-hydrogen) atoms. The number of nitrogens with zero attached hydrogens (tertiary/aromatic N) is 3. The van der Waals surface area contributed by atoms with Crippen LogP contribution in [-0.4, -0.2) is 27.2 Å². The van der Waals surface area contributed by atoms with Crippen molar-refractivity contribution in [1.82, 2.24) is 14.8 Å². The van der Waals surface area contributed by atoms with Gasteiger partial charge in [0.2, 0.25) is 0 Å². The van der Waals surface area contributed by atoms with Crippen LogP contribution in [0.4, 0.5) is 8.78 Å². The molecule has 1 unspecified atom stereocenters. The monoisotopic (exact) mass is 371 g/mol. The van der Waals surface area contributed by atoms with Gasteiger partial charge in [0.1, 0.15) is 18.4 Å². The molecule has 0 aliphatic heterocycles. The van der Waals surface area contributed by atoms with E-state index in [1.54, 1.807) is 23.1 Å². The zero-order chi connectivity index (χ0) is 19.4. The molecule has 0 bridgehead atoms. The maximum absolute atomic E-state index is 12.9. The van der Waals surface area contributed by atoms with Crippen molar-refractivity contribution in [3.63, 3.8) is 0 Å². The summed E-state index contributed by atoms with van der Waals surface area (Å²) in [6, 6.07) is 13.9. The van der Waals surface area contributed by atoms with Crippen LogP contribution in [0.25, 0.3) is 17.1 Å². The molecule has 2 aromatic carbocycles. The summed E-state index contributed by atoms with van der Waals surface area (Å²) in [4.78, 5) is 14.9. The topological polar surface area (TPSA) is 57.0 Å². The number of hydrogen-bond acceptors (Lipinski definition) is 4. The number of halogens is 2. The van der Waals surface area contributed by atoms with Gasteiger partial charge in [-0.25, -0.2) is 9.67 Å². The van der Waals surface area contributed by atoms with Crippen LogP contribution in [-0.2, 0) is 4.79 Å². The summed E-state index contributed by atoms with van der Waals surface area (Å²) in [5.74, 6) is 0.787. The Morgan fingerprint density at radius 1 is 1.15 bits per heavy atom. The van der Waals surface area contributed by atoms with Crippen molar-refractivity contribution in [2.24, 2.45) is 0 Å². The number of rotatable bonds is 7. The molecule has 7 heteroatoms. The third kappa shape index (κ3) is 4.75. The Kier molecular flexibility index (Phi) is 5.30. The van der Waals surface area contributed by atoms with Crippen LogP contribution < -0.4 is 4.74 Å². The Balaban J connectivity index is 1.75. The second kappa shape index (κ2) is 7.65. The average Bonchev–Trinajstić information content (AvgIpc) is 3.11. The predicted octanol–water partition coefficient (Wildman–Crippen LogP) is 4.62. The number of aldehydes is 1. The molecule has 5 nitrogen and oxygen atoms in total.